The molecule has 0 saturated carbocycles. The summed E-state index contributed by atoms with van der Waals surface area (Å²) in [4.78, 5) is 13.8. The molecule has 0 aromatic heterocycles. The van der Waals surface area contributed by atoms with E-state index in [0.29, 0.717) is 24.7 Å². The monoisotopic (exact) mass is 289 g/mol. The molecule has 0 saturated heterocycles. The number of alkyl halides is 2. The van der Waals surface area contributed by atoms with Crippen molar-refractivity contribution in [2.24, 2.45) is 0 Å². The normalized spacial score (nSPS) is 12.5. The summed E-state index contributed by atoms with van der Waals surface area (Å²) in [7, 11) is 1.59. The van der Waals surface area contributed by atoms with Crippen molar-refractivity contribution in [2.75, 3.05) is 13.6 Å². The van der Waals surface area contributed by atoms with E-state index in [-0.39, 0.29) is 16.4 Å². The van der Waals surface area contributed by atoms with Crippen LogP contribution >= 0.6 is 11.8 Å². The molecule has 0 heterocycles. The summed E-state index contributed by atoms with van der Waals surface area (Å²) in [6.45, 7) is 2.02. The minimum atomic E-state index is -2.56. The highest BCUT2D eigenvalue weighted by atomic mass is 32.2. The number of amides is 1. The van der Waals surface area contributed by atoms with E-state index in [9.17, 15) is 18.7 Å². The highest BCUT2D eigenvalue weighted by Crippen LogP contribution is 2.28. The zero-order valence-electron chi connectivity index (χ0n) is 10.8. The fourth-order valence-corrected chi connectivity index (χ4v) is 2.16. The molecule has 1 amide bonds. The van der Waals surface area contributed by atoms with Gasteiger partial charge in [-0.1, -0.05) is 23.9 Å². The SMILES string of the molecule is CC(O)CCN(C)C(=O)c1ccccc1SC(F)F. The topological polar surface area (TPSA) is 40.5 Å². The van der Waals surface area contributed by atoms with Gasteiger partial charge in [0.25, 0.3) is 11.7 Å². The Labute approximate surface area is 115 Å². The first-order valence-electron chi connectivity index (χ1n) is 5.89. The molecular weight excluding hydrogens is 272 g/mol. The number of halogens is 2. The molecule has 106 valence electrons. The second-order valence-corrected chi connectivity index (χ2v) is 5.27. The molecule has 1 aromatic carbocycles. The van der Waals surface area contributed by atoms with Crippen molar-refractivity contribution in [3.8, 4) is 0 Å². The smallest absolute Gasteiger partial charge is 0.288 e. The largest absolute Gasteiger partial charge is 0.393 e. The molecule has 0 radical (unpaired) electrons. The second kappa shape index (κ2) is 7.45. The third kappa shape index (κ3) is 5.16. The molecule has 0 aliphatic rings. The van der Waals surface area contributed by atoms with Gasteiger partial charge in [0.2, 0.25) is 0 Å². The number of thioether (sulfide) groups is 1. The minimum Gasteiger partial charge on any atom is -0.393 e. The lowest BCUT2D eigenvalue weighted by molar-refractivity contribution is 0.0765. The predicted octanol–water partition coefficient (Wildman–Crippen LogP) is 2.84. The van der Waals surface area contributed by atoms with Crippen LogP contribution in [0.2, 0.25) is 0 Å². The van der Waals surface area contributed by atoms with Crippen LogP contribution in [0.3, 0.4) is 0 Å². The maximum absolute atomic E-state index is 12.4. The Morgan fingerprint density at radius 2 is 2.05 bits per heavy atom. The molecule has 19 heavy (non-hydrogen) atoms. The molecule has 1 rings (SSSR count). The van der Waals surface area contributed by atoms with Gasteiger partial charge in [0, 0.05) is 18.5 Å². The van der Waals surface area contributed by atoms with Gasteiger partial charge in [-0.05, 0) is 25.5 Å². The summed E-state index contributed by atoms with van der Waals surface area (Å²) < 4.78 is 24.8. The highest BCUT2D eigenvalue weighted by Gasteiger charge is 2.18. The van der Waals surface area contributed by atoms with Gasteiger partial charge in [0.05, 0.1) is 11.7 Å². The van der Waals surface area contributed by atoms with Gasteiger partial charge in [0.15, 0.2) is 0 Å². The summed E-state index contributed by atoms with van der Waals surface area (Å²) in [5.74, 6) is -2.87. The second-order valence-electron chi connectivity index (χ2n) is 4.24. The molecule has 0 aliphatic heterocycles. The number of rotatable bonds is 6. The first-order chi connectivity index (χ1) is 8.91. The Morgan fingerprint density at radius 3 is 2.63 bits per heavy atom. The van der Waals surface area contributed by atoms with Crippen molar-refractivity contribution in [3.63, 3.8) is 0 Å². The van der Waals surface area contributed by atoms with Gasteiger partial charge >= 0.3 is 0 Å². The van der Waals surface area contributed by atoms with E-state index in [1.165, 1.54) is 17.0 Å². The Bertz CT molecular complexity index is 427. The summed E-state index contributed by atoms with van der Waals surface area (Å²) in [5, 5.41) is 9.19. The molecule has 1 atom stereocenters. The maximum Gasteiger partial charge on any atom is 0.288 e. The lowest BCUT2D eigenvalue weighted by Crippen LogP contribution is -2.29. The van der Waals surface area contributed by atoms with Gasteiger partial charge in [-0.3, -0.25) is 4.79 Å². The summed E-state index contributed by atoms with van der Waals surface area (Å²) in [6, 6.07) is 6.31. The van der Waals surface area contributed by atoms with Crippen molar-refractivity contribution < 1.29 is 18.7 Å². The van der Waals surface area contributed by atoms with Crippen LogP contribution in [0.15, 0.2) is 29.2 Å². The molecule has 0 bridgehead atoms. The van der Waals surface area contributed by atoms with Crippen molar-refractivity contribution in [3.05, 3.63) is 29.8 Å². The van der Waals surface area contributed by atoms with E-state index in [2.05, 4.69) is 0 Å². The number of aliphatic hydroxyl groups excluding tert-OH is 1. The van der Waals surface area contributed by atoms with E-state index in [0.717, 1.165) is 0 Å². The van der Waals surface area contributed by atoms with Crippen LogP contribution in [0.5, 0.6) is 0 Å². The van der Waals surface area contributed by atoms with Crippen LogP contribution in [0.4, 0.5) is 8.78 Å². The van der Waals surface area contributed by atoms with E-state index in [4.69, 9.17) is 0 Å². The molecule has 3 nitrogen and oxygen atoms in total. The van der Waals surface area contributed by atoms with Crippen molar-refractivity contribution >= 4 is 17.7 Å². The number of hydrogen-bond donors (Lipinski definition) is 1. The predicted molar refractivity (Wildman–Crippen MR) is 71.6 cm³/mol. The average molecular weight is 289 g/mol. The van der Waals surface area contributed by atoms with Crippen molar-refractivity contribution in [1.29, 1.82) is 0 Å². The number of hydrogen-bond acceptors (Lipinski definition) is 3. The zero-order valence-corrected chi connectivity index (χ0v) is 11.7. The first-order valence-corrected chi connectivity index (χ1v) is 6.77. The van der Waals surface area contributed by atoms with Gasteiger partial charge < -0.3 is 10.0 Å². The maximum atomic E-state index is 12.4. The van der Waals surface area contributed by atoms with Gasteiger partial charge in [-0.25, -0.2) is 0 Å². The number of nitrogens with zero attached hydrogens (tertiary/aromatic N) is 1. The van der Waals surface area contributed by atoms with Crippen LogP contribution < -0.4 is 0 Å². The van der Waals surface area contributed by atoms with Crippen LogP contribution in [0.1, 0.15) is 23.7 Å². The Balaban J connectivity index is 2.80. The molecule has 0 fully saturated rings. The quantitative estimate of drug-likeness (QED) is 0.819. The van der Waals surface area contributed by atoms with Crippen LogP contribution in [0.25, 0.3) is 0 Å². The molecular formula is C13H17F2NO2S. The average Bonchev–Trinajstić information content (AvgIpc) is 2.35. The third-order valence-electron chi connectivity index (χ3n) is 2.56. The summed E-state index contributed by atoms with van der Waals surface area (Å²) in [6.07, 6.45) is -0.0483. The van der Waals surface area contributed by atoms with Gasteiger partial charge in [-0.2, -0.15) is 8.78 Å². The fraction of sp³-hybridized carbons (Fsp3) is 0.462. The third-order valence-corrected chi connectivity index (χ3v) is 3.35. The number of carbonyl (C=O) groups is 1. The summed E-state index contributed by atoms with van der Waals surface area (Å²) >= 11 is 0.365. The minimum absolute atomic E-state index is 0.265. The van der Waals surface area contributed by atoms with E-state index < -0.39 is 11.9 Å². The van der Waals surface area contributed by atoms with Gasteiger partial charge in [-0.15, -0.1) is 0 Å². The van der Waals surface area contributed by atoms with E-state index in [1.807, 2.05) is 0 Å². The number of benzene rings is 1. The van der Waals surface area contributed by atoms with E-state index in [1.54, 1.807) is 26.1 Å². The molecule has 1 aromatic rings. The molecule has 0 aliphatic carbocycles. The summed E-state index contributed by atoms with van der Waals surface area (Å²) in [5.41, 5.74) is 0.265. The van der Waals surface area contributed by atoms with Crippen molar-refractivity contribution in [2.45, 2.75) is 30.1 Å². The standard InChI is InChI=1S/C13H17F2NO2S/c1-9(17)7-8-16(2)12(18)10-5-3-4-6-11(10)19-13(14)15/h3-6,9,13,17H,7-8H2,1-2H3. The molecule has 1 N–H and O–H groups in total. The van der Waals surface area contributed by atoms with E-state index >= 15 is 0 Å². The Morgan fingerprint density at radius 1 is 1.42 bits per heavy atom. The molecule has 0 spiro atoms. The van der Waals surface area contributed by atoms with Crippen LogP contribution in [-0.2, 0) is 0 Å². The fourth-order valence-electron chi connectivity index (χ4n) is 1.53. The first kappa shape index (κ1) is 15.9. The Kier molecular flexibility index (Phi) is 6.24. The van der Waals surface area contributed by atoms with Crippen LogP contribution in [-0.4, -0.2) is 41.4 Å². The van der Waals surface area contributed by atoms with Crippen LogP contribution in [0, 0.1) is 0 Å². The lowest BCUT2D eigenvalue weighted by atomic mass is 10.2. The number of carbonyl (C=O) groups excluding carboxylic acids is 1. The van der Waals surface area contributed by atoms with Crippen molar-refractivity contribution in [1.82, 2.24) is 4.90 Å². The number of aliphatic hydroxyl groups is 1. The Hall–Kier alpha value is -1.14. The molecule has 6 heteroatoms. The lowest BCUT2D eigenvalue weighted by Gasteiger charge is -2.19. The van der Waals surface area contributed by atoms with Gasteiger partial charge in [0.1, 0.15) is 0 Å². The highest BCUT2D eigenvalue weighted by molar-refractivity contribution is 7.99. The zero-order chi connectivity index (χ0) is 14.4. The molecule has 1 unspecified atom stereocenters.